The van der Waals surface area contributed by atoms with Crippen LogP contribution in [0.25, 0.3) is 0 Å². The molecular weight excluding hydrogens is 268 g/mol. The average molecular weight is 278 g/mol. The third kappa shape index (κ3) is 3.18. The van der Waals surface area contributed by atoms with Gasteiger partial charge in [-0.3, -0.25) is 10.1 Å². The number of nitrogens with two attached hydrogens (primary N) is 1. The Bertz CT molecular complexity index is 558. The van der Waals surface area contributed by atoms with Gasteiger partial charge < -0.3 is 5.73 Å². The molecule has 0 atom stereocenters. The predicted octanol–water partition coefficient (Wildman–Crippen LogP) is 3.98. The van der Waals surface area contributed by atoms with E-state index in [9.17, 15) is 10.1 Å². The number of anilines is 1. The van der Waals surface area contributed by atoms with Crippen molar-refractivity contribution in [3.63, 3.8) is 0 Å². The Labute approximate surface area is 112 Å². The summed E-state index contributed by atoms with van der Waals surface area (Å²) in [5, 5.41) is 10.8. The lowest BCUT2D eigenvalue weighted by Gasteiger charge is -2.02. The van der Waals surface area contributed by atoms with Crippen molar-refractivity contribution < 1.29 is 4.92 Å². The lowest BCUT2D eigenvalue weighted by atomic mass is 10.3. The van der Waals surface area contributed by atoms with Gasteiger partial charge in [-0.2, -0.15) is 0 Å². The molecule has 92 valence electrons. The maximum Gasteiger partial charge on any atom is 0.283 e. The Morgan fingerprint density at radius 2 is 1.67 bits per heavy atom. The molecule has 0 saturated carbocycles. The number of rotatable bonds is 4. The van der Waals surface area contributed by atoms with Crippen molar-refractivity contribution >= 4 is 33.0 Å². The molecule has 0 aromatic heterocycles. The second-order valence-electron chi connectivity index (χ2n) is 3.46. The Morgan fingerprint density at radius 3 is 2.33 bits per heavy atom. The van der Waals surface area contributed by atoms with Gasteiger partial charge in [0.25, 0.3) is 5.69 Å². The first-order valence-electron chi connectivity index (χ1n) is 5.10. The third-order valence-electron chi connectivity index (χ3n) is 2.17. The van der Waals surface area contributed by atoms with Gasteiger partial charge in [0, 0.05) is 16.6 Å². The SMILES string of the molecule is Nc1ccc(SSc2ccccc2[N+](=O)[O-])cc1. The van der Waals surface area contributed by atoms with Crippen LogP contribution in [-0.4, -0.2) is 4.92 Å². The molecule has 0 amide bonds. The van der Waals surface area contributed by atoms with Gasteiger partial charge in [0.1, 0.15) is 0 Å². The molecular formula is C12H10N2O2S2. The fraction of sp³-hybridized carbons (Fsp3) is 0. The molecule has 0 heterocycles. The highest BCUT2D eigenvalue weighted by Crippen LogP contribution is 2.41. The van der Waals surface area contributed by atoms with Crippen molar-refractivity contribution in [2.45, 2.75) is 9.79 Å². The Morgan fingerprint density at radius 1 is 1.00 bits per heavy atom. The van der Waals surface area contributed by atoms with Crippen LogP contribution in [0.5, 0.6) is 0 Å². The normalized spacial score (nSPS) is 10.2. The topological polar surface area (TPSA) is 69.2 Å². The number of hydrogen-bond acceptors (Lipinski definition) is 5. The van der Waals surface area contributed by atoms with Crippen LogP contribution in [0, 0.1) is 10.1 Å². The summed E-state index contributed by atoms with van der Waals surface area (Å²) in [7, 11) is 2.84. The van der Waals surface area contributed by atoms with Gasteiger partial charge in [0.05, 0.1) is 9.82 Å². The van der Waals surface area contributed by atoms with Crippen molar-refractivity contribution in [2.24, 2.45) is 0 Å². The summed E-state index contributed by atoms with van der Waals surface area (Å²) in [5.74, 6) is 0. The van der Waals surface area contributed by atoms with Gasteiger partial charge in [-0.25, -0.2) is 0 Å². The zero-order valence-corrected chi connectivity index (χ0v) is 10.9. The summed E-state index contributed by atoms with van der Waals surface area (Å²) in [6.45, 7) is 0. The van der Waals surface area contributed by atoms with E-state index in [4.69, 9.17) is 5.73 Å². The van der Waals surface area contributed by atoms with E-state index >= 15 is 0 Å². The van der Waals surface area contributed by atoms with Gasteiger partial charge in [0.2, 0.25) is 0 Å². The number of nitrogens with zero attached hydrogens (tertiary/aromatic N) is 1. The minimum absolute atomic E-state index is 0.130. The molecule has 4 nitrogen and oxygen atoms in total. The van der Waals surface area contributed by atoms with Crippen molar-refractivity contribution in [2.75, 3.05) is 5.73 Å². The fourth-order valence-electron chi connectivity index (χ4n) is 1.29. The quantitative estimate of drug-likeness (QED) is 0.396. The second-order valence-corrected chi connectivity index (χ2v) is 5.71. The fourth-order valence-corrected chi connectivity index (χ4v) is 3.40. The first-order chi connectivity index (χ1) is 8.66. The van der Waals surface area contributed by atoms with Crippen LogP contribution in [0.2, 0.25) is 0 Å². The zero-order valence-electron chi connectivity index (χ0n) is 9.28. The van der Waals surface area contributed by atoms with Crippen molar-refractivity contribution in [3.05, 3.63) is 58.6 Å². The molecule has 0 fully saturated rings. The number of nitro groups is 1. The van der Waals surface area contributed by atoms with Gasteiger partial charge >= 0.3 is 0 Å². The summed E-state index contributed by atoms with van der Waals surface area (Å²) in [6.07, 6.45) is 0. The lowest BCUT2D eigenvalue weighted by Crippen LogP contribution is -1.89. The predicted molar refractivity (Wildman–Crippen MR) is 75.7 cm³/mol. The zero-order chi connectivity index (χ0) is 13.0. The van der Waals surface area contributed by atoms with Crippen molar-refractivity contribution in [3.8, 4) is 0 Å². The lowest BCUT2D eigenvalue weighted by molar-refractivity contribution is -0.387. The standard InChI is InChI=1S/C12H10N2O2S2/c13-9-5-7-10(8-6-9)17-18-12-4-2-1-3-11(12)14(15)16/h1-8H,13H2. The molecule has 0 spiro atoms. The highest BCUT2D eigenvalue weighted by Gasteiger charge is 2.13. The van der Waals surface area contributed by atoms with Crippen LogP contribution in [0.4, 0.5) is 11.4 Å². The Balaban J connectivity index is 2.10. The van der Waals surface area contributed by atoms with E-state index in [1.165, 1.54) is 27.7 Å². The summed E-state index contributed by atoms with van der Waals surface area (Å²) in [4.78, 5) is 12.1. The van der Waals surface area contributed by atoms with Crippen LogP contribution in [0.1, 0.15) is 0 Å². The monoisotopic (exact) mass is 278 g/mol. The van der Waals surface area contributed by atoms with E-state index in [2.05, 4.69) is 0 Å². The molecule has 0 radical (unpaired) electrons. The molecule has 0 saturated heterocycles. The van der Waals surface area contributed by atoms with Gasteiger partial charge in [-0.05, 0) is 41.1 Å². The van der Waals surface area contributed by atoms with Gasteiger partial charge in [-0.1, -0.05) is 22.9 Å². The van der Waals surface area contributed by atoms with Crippen molar-refractivity contribution in [1.82, 2.24) is 0 Å². The summed E-state index contributed by atoms with van der Waals surface area (Å²) in [5.41, 5.74) is 6.43. The largest absolute Gasteiger partial charge is 0.399 e. The van der Waals surface area contributed by atoms with Crippen LogP contribution in [0.15, 0.2) is 58.3 Å². The first kappa shape index (κ1) is 12.8. The van der Waals surface area contributed by atoms with Crippen LogP contribution in [0.3, 0.4) is 0 Å². The number of nitro benzene ring substituents is 1. The van der Waals surface area contributed by atoms with E-state index in [0.717, 1.165) is 4.90 Å². The van der Waals surface area contributed by atoms with Gasteiger partial charge in [0.15, 0.2) is 0 Å². The smallest absolute Gasteiger partial charge is 0.283 e. The molecule has 18 heavy (non-hydrogen) atoms. The second kappa shape index (κ2) is 5.79. The van der Waals surface area contributed by atoms with E-state index in [0.29, 0.717) is 10.6 Å². The average Bonchev–Trinajstić information content (AvgIpc) is 2.38. The Kier molecular flexibility index (Phi) is 4.11. The summed E-state index contributed by atoms with van der Waals surface area (Å²) < 4.78 is 0. The molecule has 0 bridgehead atoms. The highest BCUT2D eigenvalue weighted by atomic mass is 33.1. The molecule has 0 aliphatic heterocycles. The number of hydrogen-bond donors (Lipinski definition) is 1. The molecule has 0 aliphatic rings. The van der Waals surface area contributed by atoms with Crippen LogP contribution >= 0.6 is 21.6 Å². The first-order valence-corrected chi connectivity index (χ1v) is 7.25. The van der Waals surface area contributed by atoms with Crippen LogP contribution in [-0.2, 0) is 0 Å². The van der Waals surface area contributed by atoms with Crippen LogP contribution < -0.4 is 5.73 Å². The molecule has 0 aliphatic carbocycles. The number of para-hydroxylation sites is 1. The Hall–Kier alpha value is -1.66. The van der Waals surface area contributed by atoms with E-state index < -0.39 is 0 Å². The van der Waals surface area contributed by atoms with E-state index in [-0.39, 0.29) is 10.6 Å². The maximum atomic E-state index is 10.8. The number of nitrogen functional groups attached to an aromatic ring is 1. The van der Waals surface area contributed by atoms with Crippen molar-refractivity contribution in [1.29, 1.82) is 0 Å². The maximum absolute atomic E-state index is 10.8. The molecule has 0 unspecified atom stereocenters. The van der Waals surface area contributed by atoms with E-state index in [1.54, 1.807) is 18.2 Å². The molecule has 2 N–H and O–H groups in total. The molecule has 2 rings (SSSR count). The van der Waals surface area contributed by atoms with E-state index in [1.807, 2.05) is 24.3 Å². The minimum Gasteiger partial charge on any atom is -0.399 e. The highest BCUT2D eigenvalue weighted by molar-refractivity contribution is 8.76. The van der Waals surface area contributed by atoms with Gasteiger partial charge in [-0.15, -0.1) is 0 Å². The third-order valence-corrected chi connectivity index (χ3v) is 4.61. The minimum atomic E-state index is -0.369. The molecule has 6 heteroatoms. The summed E-state index contributed by atoms with van der Waals surface area (Å²) >= 11 is 0. The summed E-state index contributed by atoms with van der Waals surface area (Å²) in [6, 6.07) is 14.1. The number of benzene rings is 2. The molecule has 2 aromatic carbocycles. The molecule has 2 aromatic rings.